The van der Waals surface area contributed by atoms with E-state index in [0.717, 1.165) is 31.2 Å². The molecule has 0 atom stereocenters. The zero-order chi connectivity index (χ0) is 23.5. The smallest absolute Gasteiger partial charge is 0.346 e. The van der Waals surface area contributed by atoms with Crippen LogP contribution in [0, 0.1) is 5.82 Å². The third kappa shape index (κ3) is 7.38. The number of aryl methyl sites for hydroxylation is 1. The Kier molecular flexibility index (Phi) is 9.36. The number of rotatable bonds is 12. The molecule has 0 radical (unpaired) electrons. The molecule has 1 heterocycles. The van der Waals surface area contributed by atoms with E-state index in [4.69, 9.17) is 9.47 Å². The molecule has 0 saturated carbocycles. The van der Waals surface area contributed by atoms with Crippen molar-refractivity contribution >= 4 is 5.97 Å². The summed E-state index contributed by atoms with van der Waals surface area (Å²) < 4.78 is 25.2. The molecule has 0 aliphatic carbocycles. The minimum atomic E-state index is -0.808. The van der Waals surface area contributed by atoms with Crippen LogP contribution in [-0.2, 0) is 6.42 Å². The predicted molar refractivity (Wildman–Crippen MR) is 127 cm³/mol. The van der Waals surface area contributed by atoms with Gasteiger partial charge in [0.05, 0.1) is 24.6 Å². The molecule has 0 fully saturated rings. The van der Waals surface area contributed by atoms with Crippen LogP contribution in [0.15, 0.2) is 54.9 Å². The van der Waals surface area contributed by atoms with E-state index < -0.39 is 11.8 Å². The molecule has 0 spiro atoms. The summed E-state index contributed by atoms with van der Waals surface area (Å²) >= 11 is 0. The minimum Gasteiger partial charge on any atom is -0.493 e. The maximum atomic E-state index is 14.4. The molecule has 0 unspecified atom stereocenters. The number of aromatic nitrogens is 2. The molecule has 0 amide bonds. The van der Waals surface area contributed by atoms with E-state index >= 15 is 0 Å². The lowest BCUT2D eigenvalue weighted by Gasteiger charge is -2.09. The van der Waals surface area contributed by atoms with Crippen LogP contribution in [0.4, 0.5) is 4.39 Å². The van der Waals surface area contributed by atoms with E-state index in [9.17, 15) is 9.18 Å². The van der Waals surface area contributed by atoms with Crippen molar-refractivity contribution in [3.63, 3.8) is 0 Å². The van der Waals surface area contributed by atoms with E-state index in [1.54, 1.807) is 6.07 Å². The molecular formula is C27H31FN2O3. The van der Waals surface area contributed by atoms with Crippen molar-refractivity contribution in [3.8, 4) is 22.9 Å². The largest absolute Gasteiger partial charge is 0.493 e. The minimum absolute atomic E-state index is 0.152. The molecule has 3 aromatic rings. The molecular weight excluding hydrogens is 419 g/mol. The number of carbonyl (C=O) groups is 1. The number of esters is 1. The predicted octanol–water partition coefficient (Wildman–Crippen LogP) is 6.80. The Hall–Kier alpha value is -3.28. The van der Waals surface area contributed by atoms with Crippen LogP contribution in [0.5, 0.6) is 11.5 Å². The van der Waals surface area contributed by atoms with Crippen LogP contribution in [0.25, 0.3) is 11.4 Å². The van der Waals surface area contributed by atoms with Crippen LogP contribution in [0.1, 0.15) is 68.3 Å². The highest BCUT2D eigenvalue weighted by Crippen LogP contribution is 2.21. The summed E-state index contributed by atoms with van der Waals surface area (Å²) in [5.41, 5.74) is 2.00. The van der Waals surface area contributed by atoms with Gasteiger partial charge in [0.1, 0.15) is 11.6 Å². The number of benzene rings is 2. The van der Waals surface area contributed by atoms with Crippen LogP contribution >= 0.6 is 0 Å². The van der Waals surface area contributed by atoms with E-state index in [2.05, 4.69) is 35.9 Å². The van der Waals surface area contributed by atoms with Gasteiger partial charge in [-0.3, -0.25) is 0 Å². The Balaban J connectivity index is 1.57. The summed E-state index contributed by atoms with van der Waals surface area (Å²) in [5.74, 6) is -0.420. The first-order valence-corrected chi connectivity index (χ1v) is 11.7. The van der Waals surface area contributed by atoms with Crippen LogP contribution in [0.2, 0.25) is 0 Å². The Morgan fingerprint density at radius 3 is 2.24 bits per heavy atom. The number of carbonyl (C=O) groups excluding carboxylic acids is 1. The van der Waals surface area contributed by atoms with Gasteiger partial charge in [0.2, 0.25) is 0 Å². The molecule has 174 valence electrons. The topological polar surface area (TPSA) is 61.3 Å². The van der Waals surface area contributed by atoms with Crippen LogP contribution in [0.3, 0.4) is 0 Å². The normalized spacial score (nSPS) is 10.8. The fraction of sp³-hybridized carbons (Fsp3) is 0.370. The molecule has 3 rings (SSSR count). The first kappa shape index (κ1) is 24.4. The second kappa shape index (κ2) is 12.7. The molecule has 0 N–H and O–H groups in total. The second-order valence-electron chi connectivity index (χ2n) is 7.98. The van der Waals surface area contributed by atoms with Gasteiger partial charge in [0, 0.05) is 11.6 Å². The summed E-state index contributed by atoms with van der Waals surface area (Å²) in [6.07, 6.45) is 10.5. The lowest BCUT2D eigenvalue weighted by Crippen LogP contribution is -2.11. The average molecular weight is 451 g/mol. The van der Waals surface area contributed by atoms with E-state index in [1.807, 2.05) is 12.1 Å². The Labute approximate surface area is 195 Å². The average Bonchev–Trinajstić information content (AvgIpc) is 2.83. The van der Waals surface area contributed by atoms with Crippen molar-refractivity contribution < 1.29 is 18.7 Å². The van der Waals surface area contributed by atoms with Crippen molar-refractivity contribution in [3.05, 3.63) is 71.8 Å². The van der Waals surface area contributed by atoms with E-state index in [1.165, 1.54) is 49.4 Å². The van der Waals surface area contributed by atoms with Crippen molar-refractivity contribution in [2.24, 2.45) is 0 Å². The van der Waals surface area contributed by atoms with Gasteiger partial charge in [-0.15, -0.1) is 0 Å². The Morgan fingerprint density at radius 2 is 1.58 bits per heavy atom. The SMILES string of the molecule is CCCCCOc1ccc(C(=O)Oc2cnc(-c3ccc(CCCCC)cc3)nc2)c(F)c1. The highest BCUT2D eigenvalue weighted by Gasteiger charge is 2.16. The first-order valence-electron chi connectivity index (χ1n) is 11.7. The van der Waals surface area contributed by atoms with Gasteiger partial charge < -0.3 is 9.47 Å². The van der Waals surface area contributed by atoms with Crippen molar-refractivity contribution in [1.29, 1.82) is 0 Å². The van der Waals surface area contributed by atoms with E-state index in [0.29, 0.717) is 18.2 Å². The monoisotopic (exact) mass is 450 g/mol. The maximum Gasteiger partial charge on any atom is 0.346 e. The van der Waals surface area contributed by atoms with Gasteiger partial charge in [0.15, 0.2) is 11.6 Å². The third-order valence-electron chi connectivity index (χ3n) is 5.30. The lowest BCUT2D eigenvalue weighted by molar-refractivity contribution is 0.0728. The second-order valence-corrected chi connectivity index (χ2v) is 7.98. The summed E-state index contributed by atoms with van der Waals surface area (Å²) in [6, 6.07) is 12.3. The zero-order valence-electron chi connectivity index (χ0n) is 19.4. The number of hydrogen-bond acceptors (Lipinski definition) is 5. The van der Waals surface area contributed by atoms with Gasteiger partial charge in [-0.2, -0.15) is 0 Å². The summed E-state index contributed by atoms with van der Waals surface area (Å²) in [6.45, 7) is 4.81. The number of unbranched alkanes of at least 4 members (excludes halogenated alkanes) is 4. The summed E-state index contributed by atoms with van der Waals surface area (Å²) in [5, 5.41) is 0. The molecule has 6 heteroatoms. The standard InChI is InChI=1S/C27H31FN2O3/c1-3-5-7-9-20-10-12-21(13-11-20)26-29-18-23(19-30-26)33-27(31)24-15-14-22(17-25(24)28)32-16-8-6-4-2/h10-15,17-19H,3-9,16H2,1-2H3. The Morgan fingerprint density at radius 1 is 0.879 bits per heavy atom. The number of halogens is 1. The molecule has 0 aliphatic rings. The van der Waals surface area contributed by atoms with Crippen molar-refractivity contribution in [2.75, 3.05) is 6.61 Å². The molecule has 0 aliphatic heterocycles. The first-order chi connectivity index (χ1) is 16.1. The molecule has 1 aromatic heterocycles. The number of ether oxygens (including phenoxy) is 2. The van der Waals surface area contributed by atoms with Crippen molar-refractivity contribution in [2.45, 2.75) is 58.8 Å². The fourth-order valence-electron chi connectivity index (χ4n) is 3.37. The molecule has 2 aromatic carbocycles. The lowest BCUT2D eigenvalue weighted by atomic mass is 10.1. The van der Waals surface area contributed by atoms with Gasteiger partial charge in [-0.05, 0) is 37.0 Å². The Bertz CT molecular complexity index is 1020. The van der Waals surface area contributed by atoms with Crippen LogP contribution in [-0.4, -0.2) is 22.5 Å². The van der Waals surface area contributed by atoms with Gasteiger partial charge in [0.25, 0.3) is 0 Å². The maximum absolute atomic E-state index is 14.4. The molecule has 0 saturated heterocycles. The van der Waals surface area contributed by atoms with Crippen molar-refractivity contribution in [1.82, 2.24) is 9.97 Å². The quantitative estimate of drug-likeness (QED) is 0.224. The molecule has 5 nitrogen and oxygen atoms in total. The van der Waals surface area contributed by atoms with E-state index in [-0.39, 0.29) is 11.3 Å². The fourth-order valence-corrected chi connectivity index (χ4v) is 3.37. The van der Waals surface area contributed by atoms with Crippen LogP contribution < -0.4 is 9.47 Å². The van der Waals surface area contributed by atoms with Gasteiger partial charge in [-0.25, -0.2) is 19.2 Å². The molecule has 0 bridgehead atoms. The highest BCUT2D eigenvalue weighted by molar-refractivity contribution is 5.91. The summed E-state index contributed by atoms with van der Waals surface area (Å²) in [4.78, 5) is 21.0. The third-order valence-corrected chi connectivity index (χ3v) is 5.30. The molecule has 33 heavy (non-hydrogen) atoms. The number of nitrogens with zero attached hydrogens (tertiary/aromatic N) is 2. The van der Waals surface area contributed by atoms with Gasteiger partial charge >= 0.3 is 5.97 Å². The summed E-state index contributed by atoms with van der Waals surface area (Å²) in [7, 11) is 0. The van der Waals surface area contributed by atoms with Gasteiger partial charge in [-0.1, -0.05) is 63.8 Å². The zero-order valence-corrected chi connectivity index (χ0v) is 19.4. The highest BCUT2D eigenvalue weighted by atomic mass is 19.1. The number of hydrogen-bond donors (Lipinski definition) is 0.